The second-order valence-corrected chi connectivity index (χ2v) is 4.29. The summed E-state index contributed by atoms with van der Waals surface area (Å²) in [5.74, 6) is -0.989. The van der Waals surface area contributed by atoms with Crippen molar-refractivity contribution in [2.45, 2.75) is 6.42 Å². The van der Waals surface area contributed by atoms with Crippen molar-refractivity contribution in [3.8, 4) is 0 Å². The van der Waals surface area contributed by atoms with Gasteiger partial charge in [0.1, 0.15) is 0 Å². The van der Waals surface area contributed by atoms with Crippen LogP contribution in [-0.4, -0.2) is 19.2 Å². The summed E-state index contributed by atoms with van der Waals surface area (Å²) in [7, 11) is 0. The Morgan fingerprint density at radius 1 is 1.08 bits per heavy atom. The highest BCUT2D eigenvalue weighted by atomic mass is 32.2. The van der Waals surface area contributed by atoms with E-state index in [1.165, 1.54) is 0 Å². The smallest absolute Gasteiger partial charge is 0.269 e. The molecule has 0 saturated carbocycles. The summed E-state index contributed by atoms with van der Waals surface area (Å²) in [6.45, 7) is 3.39. The third-order valence-corrected chi connectivity index (χ3v) is 1.88. The van der Waals surface area contributed by atoms with Crippen LogP contribution in [0.5, 0.6) is 0 Å². The van der Waals surface area contributed by atoms with Crippen molar-refractivity contribution >= 4 is 63.1 Å². The van der Waals surface area contributed by atoms with Crippen LogP contribution in [0.25, 0.3) is 0 Å². The van der Waals surface area contributed by atoms with E-state index in [-0.39, 0.29) is 12.0 Å². The van der Waals surface area contributed by atoms with Crippen molar-refractivity contribution in [1.29, 1.82) is 0 Å². The minimum absolute atomic E-state index is 0.0723. The van der Waals surface area contributed by atoms with Crippen LogP contribution >= 0.6 is 51.3 Å². The topological polar surface area (TPSA) is 40.6 Å². The molecule has 4 nitrogen and oxygen atoms in total. The molecule has 0 radical (unpaired) electrons. The van der Waals surface area contributed by atoms with E-state index >= 15 is 0 Å². The van der Waals surface area contributed by atoms with Gasteiger partial charge in [0.05, 0.1) is 6.42 Å². The van der Waals surface area contributed by atoms with Crippen LogP contribution in [0.3, 0.4) is 0 Å². The first-order valence-corrected chi connectivity index (χ1v) is 4.57. The first-order valence-electron chi connectivity index (χ1n) is 2.97. The second kappa shape index (κ2) is 5.74. The molecular formula is C5H8N2O2S4. The van der Waals surface area contributed by atoms with Gasteiger partial charge in [-0.15, -0.1) is 0 Å². The molecule has 0 heterocycles. The molecule has 0 aliphatic heterocycles. The van der Waals surface area contributed by atoms with E-state index < -0.39 is 11.8 Å². The van der Waals surface area contributed by atoms with Crippen molar-refractivity contribution < 1.29 is 9.59 Å². The average Bonchev–Trinajstić information content (AvgIpc) is 2.02. The Hall–Kier alpha value is 0.0800. The fourth-order valence-corrected chi connectivity index (χ4v) is 0.895. The van der Waals surface area contributed by atoms with Gasteiger partial charge in [0, 0.05) is 5.57 Å². The molecule has 8 heteroatoms. The number of rotatable bonds is 3. The SMILES string of the molecule is C=C(CC(=O)N(S)S)C(=O)N(S)S. The lowest BCUT2D eigenvalue weighted by Gasteiger charge is -2.11. The standard InChI is InChI=1S/C5H8N2O2S4/c1-3(5(9)7(12)13)2-4(8)6(10)11/h10-13H,1-2H2. The summed E-state index contributed by atoms with van der Waals surface area (Å²) in [5, 5.41) is 0. The van der Waals surface area contributed by atoms with Gasteiger partial charge in [-0.1, -0.05) is 57.8 Å². The van der Waals surface area contributed by atoms with Crippen molar-refractivity contribution in [3.63, 3.8) is 0 Å². The Balaban J connectivity index is 4.17. The first-order chi connectivity index (χ1) is 5.86. The van der Waals surface area contributed by atoms with Crippen LogP contribution in [0.4, 0.5) is 0 Å². The fourth-order valence-electron chi connectivity index (χ4n) is 0.470. The number of hydrogen-bond acceptors (Lipinski definition) is 6. The number of amides is 2. The van der Waals surface area contributed by atoms with Gasteiger partial charge < -0.3 is 0 Å². The van der Waals surface area contributed by atoms with Gasteiger partial charge in [-0.05, 0) is 0 Å². The number of hydrogen-bond donors (Lipinski definition) is 4. The Kier molecular flexibility index (Phi) is 5.77. The zero-order valence-electron chi connectivity index (χ0n) is 6.41. The van der Waals surface area contributed by atoms with Crippen LogP contribution in [0.1, 0.15) is 6.42 Å². The van der Waals surface area contributed by atoms with Gasteiger partial charge >= 0.3 is 0 Å². The predicted molar refractivity (Wildman–Crippen MR) is 63.4 cm³/mol. The molecule has 0 N–H and O–H groups in total. The highest BCUT2D eigenvalue weighted by molar-refractivity contribution is 7.95. The Morgan fingerprint density at radius 2 is 1.54 bits per heavy atom. The maximum Gasteiger partial charge on any atom is 0.269 e. The number of carbonyl (C=O) groups is 2. The third kappa shape index (κ3) is 4.75. The molecular weight excluding hydrogens is 248 g/mol. The maximum atomic E-state index is 11.1. The molecule has 74 valence electrons. The molecule has 0 saturated heterocycles. The summed E-state index contributed by atoms with van der Waals surface area (Å²) >= 11 is 14.5. The minimum Gasteiger partial charge on any atom is -0.273 e. The van der Waals surface area contributed by atoms with Gasteiger partial charge in [0.15, 0.2) is 0 Å². The lowest BCUT2D eigenvalue weighted by Crippen LogP contribution is -2.19. The number of nitrogens with zero attached hydrogens (tertiary/aromatic N) is 2. The van der Waals surface area contributed by atoms with E-state index in [9.17, 15) is 9.59 Å². The van der Waals surface area contributed by atoms with Crippen LogP contribution in [-0.2, 0) is 9.59 Å². The lowest BCUT2D eigenvalue weighted by atomic mass is 10.2. The molecule has 0 aliphatic carbocycles. The zero-order chi connectivity index (χ0) is 10.6. The van der Waals surface area contributed by atoms with Gasteiger partial charge in [0.2, 0.25) is 5.91 Å². The first kappa shape index (κ1) is 13.1. The normalized spacial score (nSPS) is 9.23. The molecule has 0 atom stereocenters. The quantitative estimate of drug-likeness (QED) is 0.449. The molecule has 13 heavy (non-hydrogen) atoms. The van der Waals surface area contributed by atoms with E-state index in [1.54, 1.807) is 0 Å². The van der Waals surface area contributed by atoms with Crippen molar-refractivity contribution in [3.05, 3.63) is 12.2 Å². The summed E-state index contributed by atoms with van der Waals surface area (Å²) in [6.07, 6.45) is -0.163. The van der Waals surface area contributed by atoms with Crippen LogP contribution in [0, 0.1) is 0 Å². The number of thiol groups is 4. The highest BCUT2D eigenvalue weighted by Crippen LogP contribution is 2.12. The maximum absolute atomic E-state index is 11.1. The average molecular weight is 256 g/mol. The van der Waals surface area contributed by atoms with Crippen LogP contribution in [0.2, 0.25) is 0 Å². The zero-order valence-corrected chi connectivity index (χ0v) is 9.99. The van der Waals surface area contributed by atoms with Crippen molar-refractivity contribution in [2.75, 3.05) is 0 Å². The predicted octanol–water partition coefficient (Wildman–Crippen LogP) is 0.969. The molecule has 0 spiro atoms. The third-order valence-electron chi connectivity index (χ3n) is 1.07. The molecule has 0 aromatic heterocycles. The fraction of sp³-hybridized carbons (Fsp3) is 0.200. The largest absolute Gasteiger partial charge is 0.273 e. The molecule has 0 fully saturated rings. The number of carbonyl (C=O) groups excluding carboxylic acids is 2. The molecule has 0 aliphatic rings. The lowest BCUT2D eigenvalue weighted by molar-refractivity contribution is -0.124. The van der Waals surface area contributed by atoms with E-state index in [1.807, 2.05) is 0 Å². The Morgan fingerprint density at radius 3 is 1.85 bits per heavy atom. The molecule has 0 aromatic rings. The molecule has 0 unspecified atom stereocenters. The van der Waals surface area contributed by atoms with Crippen LogP contribution < -0.4 is 0 Å². The summed E-state index contributed by atoms with van der Waals surface area (Å²) in [5.41, 5.74) is 0.0723. The van der Waals surface area contributed by atoms with Gasteiger partial charge in [-0.2, -0.15) is 0 Å². The monoisotopic (exact) mass is 256 g/mol. The summed E-state index contributed by atoms with van der Waals surface area (Å²) in [4.78, 5) is 22.0. The van der Waals surface area contributed by atoms with Crippen molar-refractivity contribution in [1.82, 2.24) is 7.42 Å². The van der Waals surface area contributed by atoms with Gasteiger partial charge in [0.25, 0.3) is 5.91 Å². The van der Waals surface area contributed by atoms with Crippen LogP contribution in [0.15, 0.2) is 12.2 Å². The van der Waals surface area contributed by atoms with E-state index in [4.69, 9.17) is 0 Å². The Labute approximate surface area is 98.5 Å². The minimum atomic E-state index is -0.538. The Bertz CT molecular complexity index is 241. The molecule has 0 rings (SSSR count). The van der Waals surface area contributed by atoms with E-state index in [2.05, 4.69) is 57.8 Å². The van der Waals surface area contributed by atoms with E-state index in [0.29, 0.717) is 0 Å². The van der Waals surface area contributed by atoms with E-state index in [0.717, 1.165) is 7.42 Å². The second-order valence-electron chi connectivity index (χ2n) is 2.06. The van der Waals surface area contributed by atoms with Gasteiger partial charge in [-0.25, -0.2) is 7.42 Å². The summed E-state index contributed by atoms with van der Waals surface area (Å²) < 4.78 is 1.52. The molecule has 0 bridgehead atoms. The van der Waals surface area contributed by atoms with Crippen molar-refractivity contribution in [2.24, 2.45) is 0 Å². The van der Waals surface area contributed by atoms with Gasteiger partial charge in [-0.3, -0.25) is 9.59 Å². The summed E-state index contributed by atoms with van der Waals surface area (Å²) in [6, 6.07) is 0. The highest BCUT2D eigenvalue weighted by Gasteiger charge is 2.16. The molecule has 2 amide bonds. The molecule has 0 aromatic carbocycles.